The number of amides is 2. The summed E-state index contributed by atoms with van der Waals surface area (Å²) in [6.45, 7) is 38.1. The molecule has 2 aromatic heterocycles. The van der Waals surface area contributed by atoms with Gasteiger partial charge in [-0.25, -0.2) is 9.59 Å². The van der Waals surface area contributed by atoms with Crippen LogP contribution in [0.4, 0.5) is 26.9 Å². The van der Waals surface area contributed by atoms with Gasteiger partial charge >= 0.3 is 23.8 Å². The third kappa shape index (κ3) is 18.3. The molecule has 2 fully saturated rings. The summed E-state index contributed by atoms with van der Waals surface area (Å²) in [6, 6.07) is 5.84. The monoisotopic (exact) mass is 984 g/mol. The van der Waals surface area contributed by atoms with E-state index in [1.807, 2.05) is 46.4 Å². The predicted octanol–water partition coefficient (Wildman–Crippen LogP) is 9.41. The normalized spacial score (nSPS) is 17.7. The molecule has 0 unspecified atom stereocenters. The second-order valence-electron chi connectivity index (χ2n) is 20.7. The number of rotatable bonds is 9. The Morgan fingerprint density at radius 3 is 1.56 bits per heavy atom. The summed E-state index contributed by atoms with van der Waals surface area (Å²) >= 11 is 3.11. The van der Waals surface area contributed by atoms with E-state index < -0.39 is 37.7 Å². The first kappa shape index (κ1) is 55.4. The number of anilines is 1. The minimum absolute atomic E-state index is 0.0396. The molecule has 18 nitrogen and oxygen atoms in total. The smallest absolute Gasteiger partial charge is 0.410 e. The van der Waals surface area contributed by atoms with Gasteiger partial charge in [-0.3, -0.25) is 4.90 Å². The number of piperazine rings is 2. The van der Waals surface area contributed by atoms with Crippen LogP contribution in [-0.4, -0.2) is 134 Å². The van der Waals surface area contributed by atoms with Gasteiger partial charge in [-0.15, -0.1) is 0 Å². The van der Waals surface area contributed by atoms with E-state index in [1.54, 1.807) is 17.0 Å². The van der Waals surface area contributed by atoms with Crippen molar-refractivity contribution in [2.24, 2.45) is 0 Å². The van der Waals surface area contributed by atoms with Gasteiger partial charge in [0.25, 0.3) is 0 Å². The molecular formula is C42H73BrN8O10Si2. The standard InChI is InChI=1S/C21H36N4O5Si.C16H34N2O3Si.C5H3BrN2O2/c1-20(2,3)30-19(26)24-12-11-23(16-9-10-18(22-13-16)25(27)28)14-17(24)15-29-31(7,8)21(4,5)6;1-15(2,3)21-14(19)18-10-9-17-11-13(18)12-20-22(7,8)16(4,5)6;6-4-1-2-5(7-3-4)8(9)10/h9-10,13,17H,11-12,14-15H2,1-8H3;13,17H,9-12H2,1-8H3;1-3H/t17-;13-;/m11./s1. The summed E-state index contributed by atoms with van der Waals surface area (Å²) in [6.07, 6.45) is 2.31. The number of hydrogen-bond acceptors (Lipinski definition) is 14. The number of carbonyl (C=O) groups excluding carboxylic acids is 2. The quantitative estimate of drug-likeness (QED) is 0.141. The van der Waals surface area contributed by atoms with Crippen molar-refractivity contribution in [1.82, 2.24) is 25.1 Å². The van der Waals surface area contributed by atoms with Crippen molar-refractivity contribution < 1.29 is 37.8 Å². The summed E-state index contributed by atoms with van der Waals surface area (Å²) in [5.74, 6) is -0.322. The number of nitro groups is 2. The number of halogens is 1. The maximum absolute atomic E-state index is 12.9. The first-order valence-corrected chi connectivity index (χ1v) is 27.8. The molecule has 4 heterocycles. The maximum atomic E-state index is 12.9. The molecule has 2 aliphatic rings. The Morgan fingerprint density at radius 2 is 1.16 bits per heavy atom. The Hall–Kier alpha value is -3.77. The van der Waals surface area contributed by atoms with Gasteiger partial charge in [-0.05, 0) is 126 Å². The lowest BCUT2D eigenvalue weighted by molar-refractivity contribution is -0.389. The van der Waals surface area contributed by atoms with Crippen molar-refractivity contribution in [2.45, 2.75) is 143 Å². The molecule has 2 amide bonds. The minimum atomic E-state index is -2.01. The molecule has 63 heavy (non-hydrogen) atoms. The molecule has 0 spiro atoms. The highest BCUT2D eigenvalue weighted by molar-refractivity contribution is 9.10. The van der Waals surface area contributed by atoms with E-state index in [0.29, 0.717) is 39.4 Å². The number of aromatic nitrogens is 2. The van der Waals surface area contributed by atoms with E-state index >= 15 is 0 Å². The fourth-order valence-corrected chi connectivity index (χ4v) is 7.77. The lowest BCUT2D eigenvalue weighted by Crippen LogP contribution is -2.59. The largest absolute Gasteiger partial charge is 0.444 e. The number of nitrogens with zero attached hydrogens (tertiary/aromatic N) is 7. The Kier molecular flexibility index (Phi) is 19.7. The molecule has 1 N–H and O–H groups in total. The molecule has 0 radical (unpaired) electrons. The molecule has 2 aromatic rings. The lowest BCUT2D eigenvalue weighted by Gasteiger charge is -2.44. The summed E-state index contributed by atoms with van der Waals surface area (Å²) in [4.78, 5) is 58.2. The van der Waals surface area contributed by atoms with Crippen LogP contribution in [-0.2, 0) is 18.3 Å². The van der Waals surface area contributed by atoms with E-state index in [1.165, 1.54) is 24.5 Å². The number of carbonyl (C=O) groups is 2. The predicted molar refractivity (Wildman–Crippen MR) is 254 cm³/mol. The van der Waals surface area contributed by atoms with Gasteiger partial charge in [0, 0.05) is 51.4 Å². The number of nitrogens with one attached hydrogen (secondary N) is 1. The molecule has 0 aromatic carbocycles. The Bertz CT molecular complexity index is 1810. The maximum Gasteiger partial charge on any atom is 0.410 e. The molecule has 2 aliphatic heterocycles. The average molecular weight is 986 g/mol. The third-order valence-electron chi connectivity index (χ3n) is 11.2. The van der Waals surface area contributed by atoms with E-state index in [2.05, 4.69) is 104 Å². The van der Waals surface area contributed by atoms with Crippen molar-refractivity contribution in [1.29, 1.82) is 0 Å². The third-order valence-corrected chi connectivity index (χ3v) is 20.6. The van der Waals surface area contributed by atoms with Crippen LogP contribution in [0.1, 0.15) is 83.1 Å². The van der Waals surface area contributed by atoms with Crippen molar-refractivity contribution >= 4 is 62.1 Å². The molecule has 0 aliphatic carbocycles. The van der Waals surface area contributed by atoms with Crippen LogP contribution in [0.2, 0.25) is 36.3 Å². The van der Waals surface area contributed by atoms with Crippen LogP contribution in [0.3, 0.4) is 0 Å². The van der Waals surface area contributed by atoms with Crippen LogP contribution in [0.15, 0.2) is 41.1 Å². The number of pyridine rings is 2. The van der Waals surface area contributed by atoms with Gasteiger partial charge < -0.3 is 53.7 Å². The second-order valence-corrected chi connectivity index (χ2v) is 31.2. The van der Waals surface area contributed by atoms with Crippen LogP contribution in [0.5, 0.6) is 0 Å². The topological polar surface area (TPSA) is 205 Å². The number of ether oxygens (including phenoxy) is 2. The first-order valence-electron chi connectivity index (χ1n) is 21.2. The molecule has 2 saturated heterocycles. The molecule has 356 valence electrons. The highest BCUT2D eigenvalue weighted by atomic mass is 79.9. The average Bonchev–Trinajstić information content (AvgIpc) is 3.15. The molecule has 4 rings (SSSR count). The van der Waals surface area contributed by atoms with Gasteiger partial charge in [0.15, 0.2) is 29.0 Å². The molecule has 0 saturated carbocycles. The van der Waals surface area contributed by atoms with Crippen LogP contribution >= 0.6 is 15.9 Å². The van der Waals surface area contributed by atoms with E-state index in [0.717, 1.165) is 23.2 Å². The van der Waals surface area contributed by atoms with Crippen molar-refractivity contribution in [2.75, 3.05) is 57.4 Å². The molecular weight excluding hydrogens is 913 g/mol. The fraction of sp³-hybridized carbons (Fsp3) is 0.714. The Morgan fingerprint density at radius 1 is 0.714 bits per heavy atom. The zero-order valence-corrected chi connectivity index (χ0v) is 44.0. The van der Waals surface area contributed by atoms with Crippen LogP contribution < -0.4 is 10.2 Å². The Labute approximate surface area is 384 Å². The van der Waals surface area contributed by atoms with Gasteiger partial charge in [0.05, 0.1) is 35.5 Å². The SMILES string of the molecule is CC(C)(C)OC(=O)N1CCN(c2ccc([N+](=O)[O-])nc2)C[C@@H]1CO[Si](C)(C)C(C)(C)C.CC(C)(C)OC(=O)N1CCNC[C@@H]1CO[Si](C)(C)C(C)(C)C.O=[N+]([O-])c1ccc(Br)cn1. The van der Waals surface area contributed by atoms with Crippen LogP contribution in [0, 0.1) is 20.2 Å². The summed E-state index contributed by atoms with van der Waals surface area (Å²) in [7, 11) is -3.81. The second kappa shape index (κ2) is 22.4. The van der Waals surface area contributed by atoms with Crippen molar-refractivity contribution in [3.8, 4) is 0 Å². The van der Waals surface area contributed by atoms with Crippen LogP contribution in [0.25, 0.3) is 0 Å². The fourth-order valence-electron chi connectivity index (χ4n) is 5.46. The van der Waals surface area contributed by atoms with Crippen molar-refractivity contribution in [3.63, 3.8) is 0 Å². The summed E-state index contributed by atoms with van der Waals surface area (Å²) in [5, 5.41) is 24.5. The van der Waals surface area contributed by atoms with Crippen molar-refractivity contribution in [3.05, 3.63) is 61.4 Å². The highest BCUT2D eigenvalue weighted by Crippen LogP contribution is 2.38. The zero-order valence-electron chi connectivity index (χ0n) is 40.4. The summed E-state index contributed by atoms with van der Waals surface area (Å²) in [5.41, 5.74) is -0.263. The molecule has 2 atom stereocenters. The highest BCUT2D eigenvalue weighted by Gasteiger charge is 2.41. The zero-order chi connectivity index (χ0) is 48.4. The van der Waals surface area contributed by atoms with Gasteiger partial charge in [-0.2, -0.15) is 0 Å². The minimum Gasteiger partial charge on any atom is -0.444 e. The summed E-state index contributed by atoms with van der Waals surface area (Å²) < 4.78 is 24.6. The van der Waals surface area contributed by atoms with Gasteiger partial charge in [-0.1, -0.05) is 41.5 Å². The first-order chi connectivity index (χ1) is 28.6. The van der Waals surface area contributed by atoms with Gasteiger partial charge in [0.1, 0.15) is 11.2 Å². The number of hydrogen-bond donors (Lipinski definition) is 1. The van der Waals surface area contributed by atoms with E-state index in [-0.39, 0.29) is 46.0 Å². The Balaban J connectivity index is 0.000000368. The van der Waals surface area contributed by atoms with E-state index in [4.69, 9.17) is 18.3 Å². The van der Waals surface area contributed by atoms with Gasteiger partial charge in [0.2, 0.25) is 0 Å². The molecule has 21 heteroatoms. The molecule has 0 bridgehead atoms. The lowest BCUT2D eigenvalue weighted by atomic mass is 10.1. The van der Waals surface area contributed by atoms with E-state index in [9.17, 15) is 29.8 Å².